The third-order valence-electron chi connectivity index (χ3n) is 3.43. The average molecular weight is 313 g/mol. The number of aromatic amines is 1. The van der Waals surface area contributed by atoms with Crippen molar-refractivity contribution in [3.05, 3.63) is 41.0 Å². The van der Waals surface area contributed by atoms with Gasteiger partial charge in [0, 0.05) is 12.2 Å². The molecule has 0 atom stereocenters. The molecule has 116 valence electrons. The van der Waals surface area contributed by atoms with Crippen molar-refractivity contribution in [2.75, 3.05) is 6.54 Å². The molecular weight excluding hydrogens is 302 g/mol. The Labute approximate surface area is 122 Å². The van der Waals surface area contributed by atoms with Crippen LogP contribution in [0.15, 0.2) is 18.2 Å². The molecule has 0 aliphatic carbocycles. The van der Waals surface area contributed by atoms with Gasteiger partial charge in [-0.05, 0) is 31.0 Å². The molecule has 2 aromatic rings. The zero-order valence-corrected chi connectivity index (χ0v) is 11.2. The van der Waals surface area contributed by atoms with E-state index in [4.69, 9.17) is 0 Å². The lowest BCUT2D eigenvalue weighted by Gasteiger charge is -2.08. The van der Waals surface area contributed by atoms with E-state index in [1.807, 2.05) is 0 Å². The molecule has 1 aromatic carbocycles. The number of rotatable bonds is 1. The Balaban J connectivity index is 2.09. The van der Waals surface area contributed by atoms with Crippen LogP contribution in [0.25, 0.3) is 11.4 Å². The van der Waals surface area contributed by atoms with E-state index in [1.165, 1.54) is 0 Å². The lowest BCUT2D eigenvalue weighted by atomic mass is 10.1. The first kappa shape index (κ1) is 14.6. The summed E-state index contributed by atoms with van der Waals surface area (Å²) in [5, 5.41) is 2.62. The largest absolute Gasteiger partial charge is 0.416 e. The number of nitrogens with zero attached hydrogens (tertiary/aromatic N) is 1. The number of halogens is 4. The molecule has 0 saturated carbocycles. The molecule has 1 aliphatic rings. The second-order valence-electron chi connectivity index (χ2n) is 4.96. The Morgan fingerprint density at radius 3 is 2.73 bits per heavy atom. The number of imidazole rings is 1. The van der Waals surface area contributed by atoms with Gasteiger partial charge in [-0.1, -0.05) is 0 Å². The molecule has 0 radical (unpaired) electrons. The Morgan fingerprint density at radius 1 is 1.23 bits per heavy atom. The maximum Gasteiger partial charge on any atom is 0.416 e. The minimum atomic E-state index is -4.58. The summed E-state index contributed by atoms with van der Waals surface area (Å²) < 4.78 is 52.1. The van der Waals surface area contributed by atoms with Crippen LogP contribution in [0.2, 0.25) is 0 Å². The van der Waals surface area contributed by atoms with Gasteiger partial charge in [0.25, 0.3) is 5.91 Å². The minimum Gasteiger partial charge on any atom is -0.351 e. The molecule has 0 bridgehead atoms. The first-order valence-corrected chi connectivity index (χ1v) is 6.60. The van der Waals surface area contributed by atoms with Crippen molar-refractivity contribution < 1.29 is 22.4 Å². The molecule has 3 rings (SSSR count). The summed E-state index contributed by atoms with van der Waals surface area (Å²) in [6.07, 6.45) is -3.39. The number of hydrogen-bond donors (Lipinski definition) is 2. The van der Waals surface area contributed by atoms with E-state index < -0.39 is 23.5 Å². The van der Waals surface area contributed by atoms with Gasteiger partial charge in [0.2, 0.25) is 0 Å². The number of aromatic nitrogens is 2. The molecule has 4 nitrogen and oxygen atoms in total. The summed E-state index contributed by atoms with van der Waals surface area (Å²) in [4.78, 5) is 18.5. The van der Waals surface area contributed by atoms with E-state index in [-0.39, 0.29) is 17.1 Å². The quantitative estimate of drug-likeness (QED) is 0.795. The average Bonchev–Trinajstić information content (AvgIpc) is 2.79. The van der Waals surface area contributed by atoms with Crippen LogP contribution in [0, 0.1) is 5.82 Å². The number of H-pyrrole nitrogens is 1. The Bertz CT molecular complexity index is 736. The maximum atomic E-state index is 13.9. The fraction of sp³-hybridized carbons (Fsp3) is 0.286. The van der Waals surface area contributed by atoms with E-state index in [2.05, 4.69) is 15.3 Å². The zero-order valence-electron chi connectivity index (χ0n) is 11.2. The van der Waals surface area contributed by atoms with Crippen molar-refractivity contribution in [1.82, 2.24) is 15.3 Å². The lowest BCUT2D eigenvalue weighted by Crippen LogP contribution is -2.23. The van der Waals surface area contributed by atoms with E-state index in [1.54, 1.807) is 0 Å². The molecule has 2 heterocycles. The standard InChI is InChI=1S/C14H11F4N3O/c15-9-4-3-7(14(16,17)18)6-8(9)12-20-10-2-1-5-19-13(22)11(10)21-12/h3-4,6H,1-2,5H2,(H,19,22)(H,20,21). The van der Waals surface area contributed by atoms with Crippen molar-refractivity contribution in [3.8, 4) is 11.4 Å². The lowest BCUT2D eigenvalue weighted by molar-refractivity contribution is -0.137. The minimum absolute atomic E-state index is 0.0781. The van der Waals surface area contributed by atoms with Crippen LogP contribution in [0.5, 0.6) is 0 Å². The number of aryl methyl sites for hydroxylation is 1. The molecule has 0 unspecified atom stereocenters. The summed E-state index contributed by atoms with van der Waals surface area (Å²) in [7, 11) is 0. The number of alkyl halides is 3. The number of hydrogen-bond acceptors (Lipinski definition) is 2. The van der Waals surface area contributed by atoms with E-state index in [9.17, 15) is 22.4 Å². The molecule has 8 heteroatoms. The Hall–Kier alpha value is -2.38. The van der Waals surface area contributed by atoms with Gasteiger partial charge in [-0.3, -0.25) is 4.79 Å². The second-order valence-corrected chi connectivity index (χ2v) is 4.96. The van der Waals surface area contributed by atoms with Crippen molar-refractivity contribution >= 4 is 5.91 Å². The molecule has 1 aromatic heterocycles. The molecule has 0 spiro atoms. The summed E-state index contributed by atoms with van der Waals surface area (Å²) in [5.41, 5.74) is -0.679. The van der Waals surface area contributed by atoms with Gasteiger partial charge < -0.3 is 10.3 Å². The van der Waals surface area contributed by atoms with Gasteiger partial charge in [-0.15, -0.1) is 0 Å². The molecule has 0 saturated heterocycles. The van der Waals surface area contributed by atoms with Gasteiger partial charge >= 0.3 is 6.18 Å². The summed E-state index contributed by atoms with van der Waals surface area (Å²) in [6.45, 7) is 0.496. The van der Waals surface area contributed by atoms with Crippen LogP contribution in [0.4, 0.5) is 17.6 Å². The molecule has 0 fully saturated rings. The maximum absolute atomic E-state index is 13.9. The van der Waals surface area contributed by atoms with Crippen LogP contribution in [0.1, 0.15) is 28.2 Å². The molecular formula is C14H11F4N3O. The number of carbonyl (C=O) groups is 1. The van der Waals surface area contributed by atoms with Gasteiger partial charge in [0.05, 0.1) is 11.1 Å². The number of amides is 1. The monoisotopic (exact) mass is 313 g/mol. The summed E-state index contributed by atoms with van der Waals surface area (Å²) in [5.74, 6) is -1.33. The number of nitrogens with one attached hydrogen (secondary N) is 2. The van der Waals surface area contributed by atoms with Gasteiger partial charge in [0.15, 0.2) is 0 Å². The molecule has 2 N–H and O–H groups in total. The van der Waals surface area contributed by atoms with E-state index >= 15 is 0 Å². The normalized spacial score (nSPS) is 15.2. The second kappa shape index (κ2) is 5.11. The van der Waals surface area contributed by atoms with E-state index in [0.717, 1.165) is 6.07 Å². The number of fused-ring (bicyclic) bond motifs is 1. The third kappa shape index (κ3) is 2.56. The Morgan fingerprint density at radius 2 is 2.00 bits per heavy atom. The SMILES string of the molecule is O=C1NCCCc2[nH]c(-c3cc(C(F)(F)F)ccc3F)nc21. The summed E-state index contributed by atoms with van der Waals surface area (Å²) >= 11 is 0. The predicted octanol–water partition coefficient (Wildman–Crippen LogP) is 2.91. The third-order valence-corrected chi connectivity index (χ3v) is 3.43. The van der Waals surface area contributed by atoms with Crippen molar-refractivity contribution in [2.24, 2.45) is 0 Å². The first-order valence-electron chi connectivity index (χ1n) is 6.60. The van der Waals surface area contributed by atoms with E-state index in [0.29, 0.717) is 37.2 Å². The van der Waals surface area contributed by atoms with Crippen LogP contribution >= 0.6 is 0 Å². The van der Waals surface area contributed by atoms with Gasteiger partial charge in [-0.2, -0.15) is 13.2 Å². The highest BCUT2D eigenvalue weighted by Gasteiger charge is 2.32. The topological polar surface area (TPSA) is 57.8 Å². The molecule has 22 heavy (non-hydrogen) atoms. The first-order chi connectivity index (χ1) is 10.4. The van der Waals surface area contributed by atoms with Crippen molar-refractivity contribution in [2.45, 2.75) is 19.0 Å². The van der Waals surface area contributed by atoms with Crippen molar-refractivity contribution in [3.63, 3.8) is 0 Å². The van der Waals surface area contributed by atoms with Gasteiger partial charge in [0.1, 0.15) is 17.3 Å². The predicted molar refractivity (Wildman–Crippen MR) is 69.6 cm³/mol. The highest BCUT2D eigenvalue weighted by Crippen LogP contribution is 2.33. The van der Waals surface area contributed by atoms with Crippen LogP contribution in [-0.2, 0) is 12.6 Å². The van der Waals surface area contributed by atoms with Crippen LogP contribution < -0.4 is 5.32 Å². The number of carbonyl (C=O) groups excluding carboxylic acids is 1. The number of benzene rings is 1. The van der Waals surface area contributed by atoms with Gasteiger partial charge in [-0.25, -0.2) is 9.37 Å². The van der Waals surface area contributed by atoms with Crippen LogP contribution in [-0.4, -0.2) is 22.4 Å². The fourth-order valence-corrected chi connectivity index (χ4v) is 2.34. The molecule has 1 aliphatic heterocycles. The molecule has 1 amide bonds. The fourth-order valence-electron chi connectivity index (χ4n) is 2.34. The highest BCUT2D eigenvalue weighted by molar-refractivity contribution is 5.94. The smallest absolute Gasteiger partial charge is 0.351 e. The van der Waals surface area contributed by atoms with Crippen LogP contribution in [0.3, 0.4) is 0 Å². The summed E-state index contributed by atoms with van der Waals surface area (Å²) in [6, 6.07) is 2.09. The highest BCUT2D eigenvalue weighted by atomic mass is 19.4. The Kier molecular flexibility index (Phi) is 3.38. The van der Waals surface area contributed by atoms with Crippen molar-refractivity contribution in [1.29, 1.82) is 0 Å². The zero-order chi connectivity index (χ0) is 15.9.